The minimum absolute atomic E-state index is 0.227. The molecule has 1 N–H and O–H groups in total. The Morgan fingerprint density at radius 3 is 2.57 bits per heavy atom. The predicted molar refractivity (Wildman–Crippen MR) is 94.0 cm³/mol. The van der Waals surface area contributed by atoms with Gasteiger partial charge in [0.15, 0.2) is 0 Å². The van der Waals surface area contributed by atoms with E-state index in [1.807, 2.05) is 42.5 Å². The molecule has 0 aliphatic heterocycles. The van der Waals surface area contributed by atoms with E-state index in [-0.39, 0.29) is 5.91 Å². The highest BCUT2D eigenvalue weighted by molar-refractivity contribution is 9.10. The molecule has 0 atom stereocenters. The van der Waals surface area contributed by atoms with Crippen LogP contribution in [0.1, 0.15) is 10.4 Å². The van der Waals surface area contributed by atoms with Gasteiger partial charge in [-0.15, -0.1) is 10.2 Å². The molecular formula is C16H12BrN3O2S. The Morgan fingerprint density at radius 2 is 1.87 bits per heavy atom. The third-order valence-corrected chi connectivity index (χ3v) is 4.68. The van der Waals surface area contributed by atoms with Crippen molar-refractivity contribution in [3.8, 4) is 16.3 Å². The molecule has 0 bridgehead atoms. The molecule has 23 heavy (non-hydrogen) atoms. The summed E-state index contributed by atoms with van der Waals surface area (Å²) in [6.45, 7) is 0. The number of nitrogens with zero attached hydrogens (tertiary/aromatic N) is 2. The molecule has 0 fully saturated rings. The summed E-state index contributed by atoms with van der Waals surface area (Å²) in [5.74, 6) is 0.552. The topological polar surface area (TPSA) is 64.1 Å². The fourth-order valence-corrected chi connectivity index (χ4v) is 3.14. The lowest BCUT2D eigenvalue weighted by Crippen LogP contribution is -2.12. The van der Waals surface area contributed by atoms with E-state index < -0.39 is 0 Å². The normalized spacial score (nSPS) is 10.3. The first-order valence-corrected chi connectivity index (χ1v) is 8.32. The molecule has 0 saturated carbocycles. The second kappa shape index (κ2) is 6.89. The van der Waals surface area contributed by atoms with Crippen LogP contribution in [0, 0.1) is 0 Å². The van der Waals surface area contributed by atoms with Gasteiger partial charge in [-0.2, -0.15) is 0 Å². The molecule has 0 radical (unpaired) electrons. The molecule has 1 heterocycles. The lowest BCUT2D eigenvalue weighted by atomic mass is 10.2. The molecule has 0 aliphatic rings. The van der Waals surface area contributed by atoms with Gasteiger partial charge in [0, 0.05) is 10.0 Å². The lowest BCUT2D eigenvalue weighted by Gasteiger charge is -2.02. The molecule has 1 aromatic heterocycles. The number of carbonyl (C=O) groups is 1. The van der Waals surface area contributed by atoms with Crippen LogP contribution in [-0.2, 0) is 0 Å². The molecule has 116 valence electrons. The second-order valence-corrected chi connectivity index (χ2v) is 6.41. The number of ether oxygens (including phenoxy) is 1. The summed E-state index contributed by atoms with van der Waals surface area (Å²) in [7, 11) is 1.62. The number of methoxy groups -OCH3 is 1. The van der Waals surface area contributed by atoms with E-state index in [0.717, 1.165) is 20.8 Å². The number of halogens is 1. The Balaban J connectivity index is 1.76. The number of benzene rings is 2. The van der Waals surface area contributed by atoms with E-state index in [4.69, 9.17) is 4.74 Å². The molecule has 0 spiro atoms. The zero-order valence-corrected chi connectivity index (χ0v) is 14.5. The van der Waals surface area contributed by atoms with Crippen LogP contribution in [0.25, 0.3) is 10.6 Å². The third kappa shape index (κ3) is 3.57. The summed E-state index contributed by atoms with van der Waals surface area (Å²) >= 11 is 4.68. The Morgan fingerprint density at radius 1 is 1.13 bits per heavy atom. The zero-order chi connectivity index (χ0) is 16.2. The van der Waals surface area contributed by atoms with E-state index in [9.17, 15) is 4.79 Å². The van der Waals surface area contributed by atoms with Crippen molar-refractivity contribution in [1.29, 1.82) is 0 Å². The van der Waals surface area contributed by atoms with Crippen molar-refractivity contribution in [2.75, 3.05) is 12.4 Å². The molecule has 0 saturated heterocycles. The van der Waals surface area contributed by atoms with Gasteiger partial charge >= 0.3 is 0 Å². The fraction of sp³-hybridized carbons (Fsp3) is 0.0625. The van der Waals surface area contributed by atoms with E-state index in [0.29, 0.717) is 10.7 Å². The minimum atomic E-state index is -0.227. The standard InChI is InChI=1S/C16H12BrN3O2S/c1-22-11-8-6-10(7-9-11)15-19-20-16(23-15)18-14(21)12-4-2-3-5-13(12)17/h2-9H,1H3,(H,18,20,21). The van der Waals surface area contributed by atoms with Gasteiger partial charge in [-0.3, -0.25) is 10.1 Å². The van der Waals surface area contributed by atoms with Crippen molar-refractivity contribution in [3.05, 3.63) is 58.6 Å². The van der Waals surface area contributed by atoms with E-state index in [2.05, 4.69) is 31.4 Å². The molecule has 7 heteroatoms. The Labute approximate surface area is 145 Å². The van der Waals surface area contributed by atoms with E-state index in [1.165, 1.54) is 11.3 Å². The molecule has 1 amide bonds. The maximum absolute atomic E-state index is 12.2. The first-order chi connectivity index (χ1) is 11.2. The monoisotopic (exact) mass is 389 g/mol. The maximum atomic E-state index is 12.2. The van der Waals surface area contributed by atoms with Crippen LogP contribution < -0.4 is 10.1 Å². The number of hydrogen-bond donors (Lipinski definition) is 1. The Hall–Kier alpha value is -2.25. The molecular weight excluding hydrogens is 378 g/mol. The summed E-state index contributed by atoms with van der Waals surface area (Å²) in [5.41, 5.74) is 1.47. The van der Waals surface area contributed by atoms with Crippen molar-refractivity contribution in [3.63, 3.8) is 0 Å². The van der Waals surface area contributed by atoms with Crippen molar-refractivity contribution >= 4 is 38.3 Å². The average molecular weight is 390 g/mol. The number of nitrogens with one attached hydrogen (secondary N) is 1. The summed E-state index contributed by atoms with van der Waals surface area (Å²) in [5, 5.41) is 12.1. The number of amides is 1. The SMILES string of the molecule is COc1ccc(-c2nnc(NC(=O)c3ccccc3Br)s2)cc1. The van der Waals surface area contributed by atoms with Crippen molar-refractivity contribution < 1.29 is 9.53 Å². The number of carbonyl (C=O) groups excluding carboxylic acids is 1. The van der Waals surface area contributed by atoms with Crippen LogP contribution in [0.3, 0.4) is 0 Å². The molecule has 0 unspecified atom stereocenters. The van der Waals surface area contributed by atoms with Crippen LogP contribution >= 0.6 is 27.3 Å². The predicted octanol–water partition coefficient (Wildman–Crippen LogP) is 4.23. The first-order valence-electron chi connectivity index (χ1n) is 6.71. The van der Waals surface area contributed by atoms with Gasteiger partial charge in [-0.05, 0) is 52.3 Å². The van der Waals surface area contributed by atoms with Gasteiger partial charge in [0.1, 0.15) is 10.8 Å². The molecule has 3 rings (SSSR count). The number of hydrogen-bond acceptors (Lipinski definition) is 5. The lowest BCUT2D eigenvalue weighted by molar-refractivity contribution is 0.102. The van der Waals surface area contributed by atoms with Gasteiger partial charge in [0.2, 0.25) is 5.13 Å². The summed E-state index contributed by atoms with van der Waals surface area (Å²) < 4.78 is 5.86. The molecule has 5 nitrogen and oxygen atoms in total. The van der Waals surface area contributed by atoms with Gasteiger partial charge in [-0.25, -0.2) is 0 Å². The summed E-state index contributed by atoms with van der Waals surface area (Å²) in [6.07, 6.45) is 0. The van der Waals surface area contributed by atoms with E-state index >= 15 is 0 Å². The fourth-order valence-electron chi connectivity index (χ4n) is 1.93. The van der Waals surface area contributed by atoms with Crippen molar-refractivity contribution in [1.82, 2.24) is 10.2 Å². The highest BCUT2D eigenvalue weighted by Gasteiger charge is 2.13. The molecule has 2 aromatic carbocycles. The average Bonchev–Trinajstić information content (AvgIpc) is 3.03. The molecule has 0 aliphatic carbocycles. The van der Waals surface area contributed by atoms with Crippen LogP contribution in [0.2, 0.25) is 0 Å². The van der Waals surface area contributed by atoms with Crippen LogP contribution in [0.5, 0.6) is 5.75 Å². The number of rotatable bonds is 4. The number of anilines is 1. The smallest absolute Gasteiger partial charge is 0.258 e. The highest BCUT2D eigenvalue weighted by Crippen LogP contribution is 2.28. The third-order valence-electron chi connectivity index (χ3n) is 3.10. The zero-order valence-electron chi connectivity index (χ0n) is 12.1. The Kier molecular flexibility index (Phi) is 4.68. The second-order valence-electron chi connectivity index (χ2n) is 4.57. The van der Waals surface area contributed by atoms with Crippen LogP contribution in [0.15, 0.2) is 53.0 Å². The maximum Gasteiger partial charge on any atom is 0.258 e. The van der Waals surface area contributed by atoms with Crippen LogP contribution in [0.4, 0.5) is 5.13 Å². The summed E-state index contributed by atoms with van der Waals surface area (Å²) in [4.78, 5) is 12.2. The first kappa shape index (κ1) is 15.6. The van der Waals surface area contributed by atoms with Crippen molar-refractivity contribution in [2.45, 2.75) is 0 Å². The highest BCUT2D eigenvalue weighted by atomic mass is 79.9. The molecule has 3 aromatic rings. The largest absolute Gasteiger partial charge is 0.497 e. The van der Waals surface area contributed by atoms with E-state index in [1.54, 1.807) is 13.2 Å². The minimum Gasteiger partial charge on any atom is -0.497 e. The quantitative estimate of drug-likeness (QED) is 0.724. The van der Waals surface area contributed by atoms with Gasteiger partial charge in [0.25, 0.3) is 5.91 Å². The number of aromatic nitrogens is 2. The van der Waals surface area contributed by atoms with Crippen LogP contribution in [-0.4, -0.2) is 23.2 Å². The summed E-state index contributed by atoms with van der Waals surface area (Å²) in [6, 6.07) is 14.7. The van der Waals surface area contributed by atoms with Gasteiger partial charge in [-0.1, -0.05) is 23.5 Å². The van der Waals surface area contributed by atoms with Crippen molar-refractivity contribution in [2.24, 2.45) is 0 Å². The van der Waals surface area contributed by atoms with Gasteiger partial charge < -0.3 is 4.74 Å². The Bertz CT molecular complexity index is 833. The van der Waals surface area contributed by atoms with Gasteiger partial charge in [0.05, 0.1) is 12.7 Å².